The zero-order chi connectivity index (χ0) is 15.9. The Kier molecular flexibility index (Phi) is 4.84. The van der Waals surface area contributed by atoms with Crippen LogP contribution in [0.15, 0.2) is 66.9 Å². The van der Waals surface area contributed by atoms with Gasteiger partial charge in [0, 0.05) is 6.42 Å². The Hall–Kier alpha value is -2.88. The molecule has 0 saturated carbocycles. The Labute approximate surface area is 135 Å². The average Bonchev–Trinajstić information content (AvgIpc) is 3.09. The van der Waals surface area contributed by atoms with Crippen molar-refractivity contribution in [1.29, 1.82) is 0 Å². The molecule has 2 aromatic carbocycles. The molecule has 1 heterocycles. The molecule has 0 spiro atoms. The highest BCUT2D eigenvalue weighted by molar-refractivity contribution is 5.76. The molecule has 3 rings (SSSR count). The molecule has 0 fully saturated rings. The third kappa shape index (κ3) is 4.30. The second-order valence-corrected chi connectivity index (χ2v) is 5.37. The Morgan fingerprint density at radius 2 is 1.70 bits per heavy atom. The van der Waals surface area contributed by atoms with Gasteiger partial charge in [0.15, 0.2) is 0 Å². The maximum atomic E-state index is 11.9. The van der Waals surface area contributed by atoms with E-state index in [4.69, 9.17) is 0 Å². The quantitative estimate of drug-likeness (QED) is 0.734. The van der Waals surface area contributed by atoms with Crippen LogP contribution in [0.3, 0.4) is 0 Å². The summed E-state index contributed by atoms with van der Waals surface area (Å²) in [5.41, 5.74) is 3.22. The molecule has 0 bridgehead atoms. The van der Waals surface area contributed by atoms with Crippen LogP contribution in [0.25, 0.3) is 11.3 Å². The predicted octanol–water partition coefficient (Wildman–Crippen LogP) is 3.33. The standard InChI is InChI=1S/C19H19N3O/c23-19(12-11-15-7-3-1-4-8-15)21-14-18-20-13-17(22-18)16-9-5-2-6-10-16/h1-10,13H,11-12,14H2,(H,20,22)(H,21,23). The minimum Gasteiger partial charge on any atom is -0.349 e. The molecule has 4 nitrogen and oxygen atoms in total. The summed E-state index contributed by atoms with van der Waals surface area (Å²) in [4.78, 5) is 19.5. The van der Waals surface area contributed by atoms with E-state index in [-0.39, 0.29) is 5.91 Å². The van der Waals surface area contributed by atoms with Crippen molar-refractivity contribution in [2.75, 3.05) is 0 Å². The zero-order valence-corrected chi connectivity index (χ0v) is 12.8. The van der Waals surface area contributed by atoms with Crippen molar-refractivity contribution in [3.05, 3.63) is 78.2 Å². The number of aromatic nitrogens is 2. The first-order valence-electron chi connectivity index (χ1n) is 7.71. The Morgan fingerprint density at radius 3 is 2.43 bits per heavy atom. The van der Waals surface area contributed by atoms with E-state index in [9.17, 15) is 4.79 Å². The normalized spacial score (nSPS) is 10.4. The summed E-state index contributed by atoms with van der Waals surface area (Å²) in [5.74, 6) is 0.795. The van der Waals surface area contributed by atoms with E-state index in [0.717, 1.165) is 23.5 Å². The molecular weight excluding hydrogens is 286 g/mol. The molecule has 3 aromatic rings. The number of carbonyl (C=O) groups excluding carboxylic acids is 1. The van der Waals surface area contributed by atoms with Crippen molar-refractivity contribution in [2.24, 2.45) is 0 Å². The van der Waals surface area contributed by atoms with Crippen LogP contribution >= 0.6 is 0 Å². The molecule has 0 radical (unpaired) electrons. The van der Waals surface area contributed by atoms with Crippen LogP contribution in [0.1, 0.15) is 17.8 Å². The third-order valence-electron chi connectivity index (χ3n) is 3.65. The van der Waals surface area contributed by atoms with Crippen LogP contribution in [0.4, 0.5) is 0 Å². The van der Waals surface area contributed by atoms with Crippen molar-refractivity contribution in [2.45, 2.75) is 19.4 Å². The minimum atomic E-state index is 0.0338. The number of carbonyl (C=O) groups is 1. The number of hydrogen-bond donors (Lipinski definition) is 2. The van der Waals surface area contributed by atoms with Gasteiger partial charge in [-0.05, 0) is 17.5 Å². The topological polar surface area (TPSA) is 57.8 Å². The molecule has 1 aromatic heterocycles. The number of aromatic amines is 1. The number of hydrogen-bond acceptors (Lipinski definition) is 2. The first-order chi connectivity index (χ1) is 11.3. The van der Waals surface area contributed by atoms with Crippen LogP contribution in [-0.4, -0.2) is 15.9 Å². The Balaban J connectivity index is 1.49. The van der Waals surface area contributed by atoms with Gasteiger partial charge < -0.3 is 10.3 Å². The summed E-state index contributed by atoms with van der Waals surface area (Å²) in [5, 5.41) is 2.90. The molecule has 0 unspecified atom stereocenters. The largest absolute Gasteiger partial charge is 0.349 e. The first-order valence-corrected chi connectivity index (χ1v) is 7.71. The molecule has 0 aliphatic rings. The summed E-state index contributed by atoms with van der Waals surface area (Å²) >= 11 is 0. The lowest BCUT2D eigenvalue weighted by molar-refractivity contribution is -0.121. The van der Waals surface area contributed by atoms with Crippen molar-refractivity contribution in [1.82, 2.24) is 15.3 Å². The maximum absolute atomic E-state index is 11.9. The lowest BCUT2D eigenvalue weighted by Crippen LogP contribution is -2.23. The fourth-order valence-corrected chi connectivity index (χ4v) is 2.39. The van der Waals surface area contributed by atoms with Gasteiger partial charge >= 0.3 is 0 Å². The molecule has 1 amide bonds. The second kappa shape index (κ2) is 7.40. The van der Waals surface area contributed by atoms with E-state index < -0.39 is 0 Å². The highest BCUT2D eigenvalue weighted by atomic mass is 16.1. The summed E-state index contributed by atoms with van der Waals surface area (Å²) in [7, 11) is 0. The second-order valence-electron chi connectivity index (χ2n) is 5.37. The number of benzene rings is 2. The molecule has 4 heteroatoms. The van der Waals surface area contributed by atoms with Gasteiger partial charge in [0.1, 0.15) is 5.82 Å². The summed E-state index contributed by atoms with van der Waals surface area (Å²) in [6, 6.07) is 20.0. The van der Waals surface area contributed by atoms with Crippen molar-refractivity contribution < 1.29 is 4.79 Å². The van der Waals surface area contributed by atoms with E-state index in [1.165, 1.54) is 5.56 Å². The fraction of sp³-hybridized carbons (Fsp3) is 0.158. The van der Waals surface area contributed by atoms with E-state index in [2.05, 4.69) is 15.3 Å². The lowest BCUT2D eigenvalue weighted by atomic mass is 10.1. The number of nitrogens with zero attached hydrogens (tertiary/aromatic N) is 1. The third-order valence-corrected chi connectivity index (χ3v) is 3.65. The molecule has 23 heavy (non-hydrogen) atoms. The van der Waals surface area contributed by atoms with Gasteiger partial charge in [0.2, 0.25) is 5.91 Å². The minimum absolute atomic E-state index is 0.0338. The number of H-pyrrole nitrogens is 1. The van der Waals surface area contributed by atoms with Gasteiger partial charge in [-0.2, -0.15) is 0 Å². The number of amides is 1. The van der Waals surface area contributed by atoms with Gasteiger partial charge in [-0.3, -0.25) is 4.79 Å². The van der Waals surface area contributed by atoms with Gasteiger partial charge in [-0.15, -0.1) is 0 Å². The molecule has 0 saturated heterocycles. The van der Waals surface area contributed by atoms with Gasteiger partial charge in [-0.25, -0.2) is 4.98 Å². The number of nitrogens with one attached hydrogen (secondary N) is 2. The lowest BCUT2D eigenvalue weighted by Gasteiger charge is -2.03. The maximum Gasteiger partial charge on any atom is 0.220 e. The Bertz CT molecular complexity index is 751. The average molecular weight is 305 g/mol. The molecule has 0 aliphatic heterocycles. The Morgan fingerprint density at radius 1 is 1.00 bits per heavy atom. The summed E-state index contributed by atoms with van der Waals surface area (Å²) in [6.07, 6.45) is 3.02. The smallest absolute Gasteiger partial charge is 0.220 e. The van der Waals surface area contributed by atoms with E-state index in [1.54, 1.807) is 6.20 Å². The van der Waals surface area contributed by atoms with Crippen molar-refractivity contribution >= 4 is 5.91 Å². The molecule has 116 valence electrons. The molecular formula is C19H19N3O. The predicted molar refractivity (Wildman–Crippen MR) is 90.6 cm³/mol. The molecule has 0 atom stereocenters. The molecule has 2 N–H and O–H groups in total. The fourth-order valence-electron chi connectivity index (χ4n) is 2.39. The first kappa shape index (κ1) is 15.0. The van der Waals surface area contributed by atoms with Crippen LogP contribution in [0.5, 0.6) is 0 Å². The summed E-state index contributed by atoms with van der Waals surface area (Å²) < 4.78 is 0. The SMILES string of the molecule is O=C(CCc1ccccc1)NCc1ncc(-c2ccccc2)[nH]1. The highest BCUT2D eigenvalue weighted by Gasteiger charge is 2.05. The number of aryl methyl sites for hydroxylation is 1. The van der Waals surface area contributed by atoms with Crippen LogP contribution < -0.4 is 5.32 Å². The van der Waals surface area contributed by atoms with E-state index >= 15 is 0 Å². The van der Waals surface area contributed by atoms with Gasteiger partial charge in [-0.1, -0.05) is 60.7 Å². The number of rotatable bonds is 6. The van der Waals surface area contributed by atoms with Crippen molar-refractivity contribution in [3.63, 3.8) is 0 Å². The van der Waals surface area contributed by atoms with Gasteiger partial charge in [0.05, 0.1) is 18.4 Å². The van der Waals surface area contributed by atoms with Crippen molar-refractivity contribution in [3.8, 4) is 11.3 Å². The van der Waals surface area contributed by atoms with E-state index in [1.807, 2.05) is 60.7 Å². The highest BCUT2D eigenvalue weighted by Crippen LogP contribution is 2.15. The monoisotopic (exact) mass is 305 g/mol. The van der Waals surface area contributed by atoms with Gasteiger partial charge in [0.25, 0.3) is 0 Å². The van der Waals surface area contributed by atoms with Crippen LogP contribution in [0.2, 0.25) is 0 Å². The molecule has 0 aliphatic carbocycles. The summed E-state index contributed by atoms with van der Waals surface area (Å²) in [6.45, 7) is 0.417. The number of imidazole rings is 1. The van der Waals surface area contributed by atoms with Crippen LogP contribution in [0, 0.1) is 0 Å². The van der Waals surface area contributed by atoms with E-state index in [0.29, 0.717) is 13.0 Å². The van der Waals surface area contributed by atoms with Crippen LogP contribution in [-0.2, 0) is 17.8 Å². The zero-order valence-electron chi connectivity index (χ0n) is 12.8.